The second-order valence-electron chi connectivity index (χ2n) is 2.86. The van der Waals surface area contributed by atoms with Crippen molar-refractivity contribution in [3.8, 4) is 0 Å². The number of unbranched alkanes of at least 4 members (excludes halogenated alkanes) is 1. The highest BCUT2D eigenvalue weighted by Crippen LogP contribution is 2.10. The molecule has 1 aromatic rings. The van der Waals surface area contributed by atoms with Crippen molar-refractivity contribution in [2.75, 3.05) is 0 Å². The van der Waals surface area contributed by atoms with Crippen molar-refractivity contribution in [1.29, 1.82) is 0 Å². The Hall–Kier alpha value is -0.960. The first kappa shape index (κ1) is 9.13. The number of aromatic nitrogens is 2. The van der Waals surface area contributed by atoms with Crippen LogP contribution in [0.15, 0.2) is 18.5 Å². The smallest absolute Gasteiger partial charge is 0.144 e. The summed E-state index contributed by atoms with van der Waals surface area (Å²) in [6.07, 6.45) is 6.74. The monoisotopic (exact) mass is 165 g/mol. The molecule has 66 valence electrons. The molecule has 0 bridgehead atoms. The minimum Gasteiger partial charge on any atom is -0.321 e. The summed E-state index contributed by atoms with van der Waals surface area (Å²) in [4.78, 5) is 8.19. The molecule has 3 heteroatoms. The molecule has 0 aromatic carbocycles. The van der Waals surface area contributed by atoms with E-state index in [9.17, 15) is 0 Å². The molecule has 0 aliphatic carbocycles. The SMILES string of the molecule is CCCC[C@@H](N)c1ncccn1. The highest BCUT2D eigenvalue weighted by atomic mass is 14.9. The number of hydrogen-bond acceptors (Lipinski definition) is 3. The second-order valence-corrected chi connectivity index (χ2v) is 2.86. The zero-order valence-electron chi connectivity index (χ0n) is 7.40. The van der Waals surface area contributed by atoms with Gasteiger partial charge in [0.25, 0.3) is 0 Å². The lowest BCUT2D eigenvalue weighted by molar-refractivity contribution is 0.575. The van der Waals surface area contributed by atoms with Gasteiger partial charge in [0.15, 0.2) is 0 Å². The van der Waals surface area contributed by atoms with E-state index in [-0.39, 0.29) is 6.04 Å². The molecule has 3 nitrogen and oxygen atoms in total. The fraction of sp³-hybridized carbons (Fsp3) is 0.556. The summed E-state index contributed by atoms with van der Waals surface area (Å²) in [5.74, 6) is 0.756. The van der Waals surface area contributed by atoms with Gasteiger partial charge in [0.05, 0.1) is 6.04 Å². The summed E-state index contributed by atoms with van der Waals surface area (Å²) in [7, 11) is 0. The summed E-state index contributed by atoms with van der Waals surface area (Å²) in [5.41, 5.74) is 5.86. The van der Waals surface area contributed by atoms with Crippen molar-refractivity contribution in [1.82, 2.24) is 9.97 Å². The Morgan fingerprint density at radius 2 is 2.08 bits per heavy atom. The van der Waals surface area contributed by atoms with Crippen LogP contribution in [0.2, 0.25) is 0 Å². The van der Waals surface area contributed by atoms with Crippen LogP contribution in [0.1, 0.15) is 38.1 Å². The molecule has 1 atom stereocenters. The molecule has 0 fully saturated rings. The van der Waals surface area contributed by atoms with Gasteiger partial charge in [-0.25, -0.2) is 9.97 Å². The van der Waals surface area contributed by atoms with Gasteiger partial charge in [0.1, 0.15) is 5.82 Å². The molecule has 0 saturated heterocycles. The van der Waals surface area contributed by atoms with Crippen LogP contribution in [-0.4, -0.2) is 9.97 Å². The average molecular weight is 165 g/mol. The molecule has 0 spiro atoms. The van der Waals surface area contributed by atoms with Crippen LogP contribution in [0.4, 0.5) is 0 Å². The van der Waals surface area contributed by atoms with E-state index >= 15 is 0 Å². The van der Waals surface area contributed by atoms with Gasteiger partial charge in [-0.2, -0.15) is 0 Å². The first-order valence-electron chi connectivity index (χ1n) is 4.37. The Labute approximate surface area is 73.0 Å². The molecule has 1 rings (SSSR count). The molecule has 12 heavy (non-hydrogen) atoms. The third-order valence-corrected chi connectivity index (χ3v) is 1.79. The molecule has 1 aromatic heterocycles. The van der Waals surface area contributed by atoms with Crippen LogP contribution in [0.5, 0.6) is 0 Å². The van der Waals surface area contributed by atoms with Crippen LogP contribution in [0, 0.1) is 0 Å². The average Bonchev–Trinajstić information content (AvgIpc) is 2.15. The lowest BCUT2D eigenvalue weighted by Gasteiger charge is -2.07. The van der Waals surface area contributed by atoms with Gasteiger partial charge in [-0.3, -0.25) is 0 Å². The minimum absolute atomic E-state index is 0.00569. The predicted octanol–water partition coefficient (Wildman–Crippen LogP) is 1.67. The van der Waals surface area contributed by atoms with Crippen molar-refractivity contribution in [2.45, 2.75) is 32.2 Å². The van der Waals surface area contributed by atoms with Gasteiger partial charge in [0, 0.05) is 12.4 Å². The lowest BCUT2D eigenvalue weighted by atomic mass is 10.1. The van der Waals surface area contributed by atoms with E-state index in [1.54, 1.807) is 18.5 Å². The topological polar surface area (TPSA) is 51.8 Å². The number of nitrogens with two attached hydrogens (primary N) is 1. The number of rotatable bonds is 4. The number of hydrogen-bond donors (Lipinski definition) is 1. The van der Waals surface area contributed by atoms with E-state index in [2.05, 4.69) is 16.9 Å². The van der Waals surface area contributed by atoms with Crippen LogP contribution in [0.25, 0.3) is 0 Å². The maximum Gasteiger partial charge on any atom is 0.144 e. The Balaban J connectivity index is 2.48. The molecule has 0 unspecified atom stereocenters. The summed E-state index contributed by atoms with van der Waals surface area (Å²) >= 11 is 0. The molecule has 0 saturated carbocycles. The first-order valence-corrected chi connectivity index (χ1v) is 4.37. The third kappa shape index (κ3) is 2.58. The quantitative estimate of drug-likeness (QED) is 0.738. The maximum absolute atomic E-state index is 5.86. The van der Waals surface area contributed by atoms with Crippen LogP contribution < -0.4 is 5.73 Å². The van der Waals surface area contributed by atoms with E-state index in [1.165, 1.54) is 6.42 Å². The Morgan fingerprint density at radius 3 is 2.67 bits per heavy atom. The molecule has 2 N–H and O–H groups in total. The van der Waals surface area contributed by atoms with Crippen LogP contribution >= 0.6 is 0 Å². The van der Waals surface area contributed by atoms with E-state index in [1.807, 2.05) is 0 Å². The van der Waals surface area contributed by atoms with Crippen molar-refractivity contribution in [3.05, 3.63) is 24.3 Å². The Morgan fingerprint density at radius 1 is 1.42 bits per heavy atom. The fourth-order valence-corrected chi connectivity index (χ4v) is 1.06. The largest absolute Gasteiger partial charge is 0.321 e. The normalized spacial score (nSPS) is 12.8. The fourth-order valence-electron chi connectivity index (χ4n) is 1.06. The molecule has 1 heterocycles. The van der Waals surface area contributed by atoms with Gasteiger partial charge in [0.2, 0.25) is 0 Å². The van der Waals surface area contributed by atoms with Gasteiger partial charge in [-0.15, -0.1) is 0 Å². The summed E-state index contributed by atoms with van der Waals surface area (Å²) < 4.78 is 0. The Bertz CT molecular complexity index is 210. The summed E-state index contributed by atoms with van der Waals surface area (Å²) in [6.45, 7) is 2.15. The van der Waals surface area contributed by atoms with Gasteiger partial charge < -0.3 is 5.73 Å². The molecule has 0 aliphatic rings. The van der Waals surface area contributed by atoms with Crippen molar-refractivity contribution in [3.63, 3.8) is 0 Å². The lowest BCUT2D eigenvalue weighted by Crippen LogP contribution is -2.13. The molecular weight excluding hydrogens is 150 g/mol. The highest BCUT2D eigenvalue weighted by molar-refractivity contribution is 4.94. The zero-order valence-corrected chi connectivity index (χ0v) is 7.40. The van der Waals surface area contributed by atoms with E-state index in [0.717, 1.165) is 18.7 Å². The van der Waals surface area contributed by atoms with Crippen molar-refractivity contribution in [2.24, 2.45) is 5.73 Å². The standard InChI is InChI=1S/C9H15N3/c1-2-3-5-8(10)9-11-6-4-7-12-9/h4,6-8H,2-3,5,10H2,1H3/t8-/m1/s1. The van der Waals surface area contributed by atoms with Crippen molar-refractivity contribution < 1.29 is 0 Å². The summed E-state index contributed by atoms with van der Waals surface area (Å²) in [5, 5.41) is 0. The first-order chi connectivity index (χ1) is 5.84. The summed E-state index contributed by atoms with van der Waals surface area (Å²) in [6, 6.07) is 1.81. The molecule has 0 radical (unpaired) electrons. The van der Waals surface area contributed by atoms with Gasteiger partial charge >= 0.3 is 0 Å². The molecule has 0 aliphatic heterocycles. The Kier molecular flexibility index (Phi) is 3.67. The van der Waals surface area contributed by atoms with Crippen molar-refractivity contribution >= 4 is 0 Å². The second kappa shape index (κ2) is 4.83. The predicted molar refractivity (Wildman–Crippen MR) is 48.5 cm³/mol. The van der Waals surface area contributed by atoms with Crippen LogP contribution in [0.3, 0.4) is 0 Å². The highest BCUT2D eigenvalue weighted by Gasteiger charge is 2.06. The third-order valence-electron chi connectivity index (χ3n) is 1.79. The minimum atomic E-state index is 0.00569. The van der Waals surface area contributed by atoms with Gasteiger partial charge in [-0.1, -0.05) is 19.8 Å². The molecular formula is C9H15N3. The zero-order chi connectivity index (χ0) is 8.81. The maximum atomic E-state index is 5.86. The van der Waals surface area contributed by atoms with E-state index in [0.29, 0.717) is 0 Å². The van der Waals surface area contributed by atoms with E-state index < -0.39 is 0 Å². The molecule has 0 amide bonds. The van der Waals surface area contributed by atoms with Crippen LogP contribution in [-0.2, 0) is 0 Å². The van der Waals surface area contributed by atoms with E-state index in [4.69, 9.17) is 5.73 Å². The van der Waals surface area contributed by atoms with Gasteiger partial charge in [-0.05, 0) is 12.5 Å². The number of nitrogens with zero attached hydrogens (tertiary/aromatic N) is 2.